The van der Waals surface area contributed by atoms with Crippen LogP contribution in [0.2, 0.25) is 0 Å². The van der Waals surface area contributed by atoms with Gasteiger partial charge in [0.15, 0.2) is 0 Å². The molecule has 0 unspecified atom stereocenters. The van der Waals surface area contributed by atoms with Crippen LogP contribution >= 0.6 is 46.4 Å². The van der Waals surface area contributed by atoms with Gasteiger partial charge in [0.1, 0.15) is 20.1 Å². The Hall–Kier alpha value is 0.629. The molecule has 6 nitrogen and oxygen atoms in total. The topological polar surface area (TPSA) is 124 Å². The molecule has 104 valence electrons. The molecule has 0 bridgehead atoms. The minimum atomic E-state index is -4.69. The van der Waals surface area contributed by atoms with Gasteiger partial charge in [-0.25, -0.2) is 0 Å². The molecule has 0 aromatic carbocycles. The summed E-state index contributed by atoms with van der Waals surface area (Å²) in [5.74, 6) is -1.46. The van der Waals surface area contributed by atoms with Crippen molar-refractivity contribution < 1.29 is 55.5 Å². The summed E-state index contributed by atoms with van der Waals surface area (Å²) in [6.45, 7) is 0. The smallest absolute Gasteiger partial charge is 0.219 e. The van der Waals surface area contributed by atoms with Crippen molar-refractivity contribution in [3.8, 4) is 0 Å². The largest absolute Gasteiger partial charge is 0.286 e. The maximum atomic E-state index is 11.0. The van der Waals surface area contributed by atoms with Crippen LogP contribution in [0.25, 0.3) is 0 Å². The van der Waals surface area contributed by atoms with E-state index in [9.17, 15) is 9.59 Å². The number of ketones is 2. The van der Waals surface area contributed by atoms with Crippen LogP contribution in [0.3, 0.4) is 0 Å². The molecule has 0 spiro atoms. The fourth-order valence-corrected chi connectivity index (χ4v) is 1.41. The summed E-state index contributed by atoms with van der Waals surface area (Å²) >= 11 is 21.5. The van der Waals surface area contributed by atoms with Crippen LogP contribution in [-0.2, 0) is 26.7 Å². The average Bonchev–Trinajstić information content (AvgIpc) is 2.18. The molecule has 0 aromatic rings. The summed E-state index contributed by atoms with van der Waals surface area (Å²) in [5, 5.41) is -1.57. The van der Waals surface area contributed by atoms with Crippen LogP contribution in [0.5, 0.6) is 0 Å². The number of hydrogen-bond donors (Lipinski definition) is 1. The third-order valence-electron chi connectivity index (χ3n) is 1.18. The molecule has 0 aromatic heterocycles. The number of hydrogen-bond acceptors (Lipinski definition) is 6. The fraction of sp³-hybridized carbons (Fsp3) is 0. The SMILES string of the molecule is O=C1C(Cl)=C(Cl)C(=O)C(Cl)=C1Cl.[Fe].[O-][Cl+3]([O-])([O-])O. The summed E-state index contributed by atoms with van der Waals surface area (Å²) in [4.78, 5) is 22.0. The van der Waals surface area contributed by atoms with Crippen molar-refractivity contribution in [3.63, 3.8) is 0 Å². The van der Waals surface area contributed by atoms with Gasteiger partial charge in [0.05, 0.1) is 14.9 Å². The molecule has 0 aliphatic heterocycles. The van der Waals surface area contributed by atoms with Crippen molar-refractivity contribution in [2.24, 2.45) is 0 Å². The van der Waals surface area contributed by atoms with Crippen LogP contribution in [0.1, 0.15) is 0 Å². The molecule has 18 heavy (non-hydrogen) atoms. The minimum absolute atomic E-state index is 0. The summed E-state index contributed by atoms with van der Waals surface area (Å²) in [7, 11) is -4.69. The first-order valence-corrected chi connectivity index (χ1v) is 6.07. The number of halogens is 5. The van der Waals surface area contributed by atoms with Gasteiger partial charge in [0.2, 0.25) is 11.6 Å². The summed E-state index contributed by atoms with van der Waals surface area (Å²) in [6.07, 6.45) is 0. The molecule has 1 rings (SSSR count). The van der Waals surface area contributed by atoms with E-state index in [1.165, 1.54) is 0 Å². The second-order valence-corrected chi connectivity index (χ2v) is 4.61. The molecule has 0 saturated carbocycles. The van der Waals surface area contributed by atoms with Gasteiger partial charge in [0.25, 0.3) is 0 Å². The number of allylic oxidation sites excluding steroid dienone is 4. The molecule has 12 heteroatoms. The van der Waals surface area contributed by atoms with Crippen LogP contribution in [0, 0.1) is 10.2 Å². The number of rotatable bonds is 0. The predicted molar refractivity (Wildman–Crippen MR) is 49.7 cm³/mol. The van der Waals surface area contributed by atoms with E-state index in [1.54, 1.807) is 0 Å². The molecule has 1 aliphatic carbocycles. The third-order valence-corrected chi connectivity index (χ3v) is 2.82. The molecule has 1 N–H and O–H groups in total. The van der Waals surface area contributed by atoms with Crippen LogP contribution in [0.4, 0.5) is 0 Å². The van der Waals surface area contributed by atoms with Gasteiger partial charge < -0.3 is 0 Å². The average molecular weight is 402 g/mol. The Balaban J connectivity index is 0. The Labute approximate surface area is 133 Å². The van der Waals surface area contributed by atoms with E-state index in [2.05, 4.69) is 0 Å². The Morgan fingerprint density at radius 2 is 0.889 bits per heavy atom. The summed E-state index contributed by atoms with van der Waals surface area (Å²) < 4.78 is 32.7. The maximum Gasteiger partial charge on any atom is 0.219 e. The molecule has 0 atom stereocenters. The van der Waals surface area contributed by atoms with Gasteiger partial charge in [-0.1, -0.05) is 46.4 Å². The molecule has 0 heterocycles. The minimum Gasteiger partial charge on any atom is -0.286 e. The molecule has 0 amide bonds. The first-order chi connectivity index (χ1) is 7.46. The molecular formula is C6HCl5FeO6. The monoisotopic (exact) mass is 400 g/mol. The van der Waals surface area contributed by atoms with Crippen LogP contribution < -0.4 is 14.0 Å². The van der Waals surface area contributed by atoms with Gasteiger partial charge in [0, 0.05) is 17.1 Å². The van der Waals surface area contributed by atoms with E-state index in [4.69, 9.17) is 65.0 Å². The molecular weight excluding hydrogens is 401 g/mol. The van der Waals surface area contributed by atoms with E-state index >= 15 is 0 Å². The first kappa shape index (κ1) is 20.9. The number of carbonyl (C=O) groups is 2. The van der Waals surface area contributed by atoms with Gasteiger partial charge in [-0.3, -0.25) is 9.59 Å². The second kappa shape index (κ2) is 8.04. The second-order valence-electron chi connectivity index (χ2n) is 2.31. The molecule has 0 radical (unpaired) electrons. The zero-order valence-electron chi connectivity index (χ0n) is 7.73. The predicted octanol–water partition coefficient (Wildman–Crippen LogP) is -1.61. The standard InChI is InChI=1S/C6Cl4O2.ClHO4.Fe/c7-1-2(8)6(12)4(10)3(9)5(1)11;2-1(3,4)5;/h;(H,2,3,4,5);. The Morgan fingerprint density at radius 3 is 1.00 bits per heavy atom. The van der Waals surface area contributed by atoms with E-state index < -0.39 is 41.9 Å². The van der Waals surface area contributed by atoms with Gasteiger partial charge in [-0.15, -0.1) is 0 Å². The molecule has 1 aliphatic rings. The van der Waals surface area contributed by atoms with E-state index in [1.807, 2.05) is 0 Å². The van der Waals surface area contributed by atoms with Crippen molar-refractivity contribution >= 4 is 58.0 Å². The zero-order valence-corrected chi connectivity index (χ0v) is 12.6. The maximum absolute atomic E-state index is 11.0. The van der Waals surface area contributed by atoms with Crippen molar-refractivity contribution in [1.82, 2.24) is 0 Å². The van der Waals surface area contributed by atoms with E-state index in [-0.39, 0.29) is 17.1 Å². The van der Waals surface area contributed by atoms with E-state index in [0.717, 1.165) is 0 Å². The van der Waals surface area contributed by atoms with Crippen molar-refractivity contribution in [2.75, 3.05) is 0 Å². The van der Waals surface area contributed by atoms with Crippen LogP contribution in [0.15, 0.2) is 20.1 Å². The van der Waals surface area contributed by atoms with Crippen molar-refractivity contribution in [3.05, 3.63) is 20.1 Å². The van der Waals surface area contributed by atoms with Crippen molar-refractivity contribution in [2.45, 2.75) is 0 Å². The normalized spacial score (nSPS) is 16.2. The fourth-order valence-electron chi connectivity index (χ4n) is 0.591. The van der Waals surface area contributed by atoms with Gasteiger partial charge in [-0.2, -0.15) is 14.0 Å². The molecule has 0 fully saturated rings. The Kier molecular flexibility index (Phi) is 9.35. The molecule has 0 saturated heterocycles. The van der Waals surface area contributed by atoms with Gasteiger partial charge in [-0.05, 0) is 0 Å². The number of carbonyl (C=O) groups excluding carboxylic acids is 2. The third kappa shape index (κ3) is 6.70. The summed E-state index contributed by atoms with van der Waals surface area (Å²) in [5.41, 5.74) is 0. The van der Waals surface area contributed by atoms with Crippen LogP contribution in [-0.4, -0.2) is 16.2 Å². The van der Waals surface area contributed by atoms with E-state index in [0.29, 0.717) is 0 Å². The quantitative estimate of drug-likeness (QED) is 0.384. The van der Waals surface area contributed by atoms with Gasteiger partial charge >= 0.3 is 0 Å². The first-order valence-electron chi connectivity index (χ1n) is 3.30. The van der Waals surface area contributed by atoms with Crippen molar-refractivity contribution in [1.29, 1.82) is 0 Å². The summed E-state index contributed by atoms with van der Waals surface area (Å²) in [6, 6.07) is 0. The Bertz CT molecular complexity index is 357. The zero-order chi connectivity index (χ0) is 14.0. The Morgan fingerprint density at radius 1 is 0.778 bits per heavy atom. The number of Topliss-reactive ketones (excluding diaryl/α,β-unsaturated/α-hetero) is 2.